The Hall–Kier alpha value is -7.63. The highest BCUT2D eigenvalue weighted by Crippen LogP contribution is 2.41. The van der Waals surface area contributed by atoms with Crippen molar-refractivity contribution in [1.29, 1.82) is 0 Å². The van der Waals surface area contributed by atoms with Crippen molar-refractivity contribution >= 4 is 76.2 Å². The average molecular weight is 716 g/mol. The van der Waals surface area contributed by atoms with Crippen LogP contribution in [0.15, 0.2) is 185 Å². The van der Waals surface area contributed by atoms with E-state index >= 15 is 0 Å². The van der Waals surface area contributed by atoms with Crippen LogP contribution in [0.2, 0.25) is 0 Å². The predicted molar refractivity (Wildman–Crippen MR) is 229 cm³/mol. The largest absolute Gasteiger partial charge is 0.456 e. The monoisotopic (exact) mass is 715 g/mol. The number of nitrogens with zero attached hydrogens (tertiary/aromatic N) is 3. The molecule has 56 heavy (non-hydrogen) atoms. The third-order valence-electron chi connectivity index (χ3n) is 11.1. The van der Waals surface area contributed by atoms with E-state index in [-0.39, 0.29) is 0 Å². The zero-order valence-corrected chi connectivity index (χ0v) is 29.9. The summed E-state index contributed by atoms with van der Waals surface area (Å²) in [7, 11) is 0. The van der Waals surface area contributed by atoms with Gasteiger partial charge in [-0.05, 0) is 92.0 Å². The second-order valence-electron chi connectivity index (χ2n) is 14.4. The lowest BCUT2D eigenvalue weighted by Crippen LogP contribution is -2.00. The lowest BCUT2D eigenvalue weighted by atomic mass is 9.98. The summed E-state index contributed by atoms with van der Waals surface area (Å²) in [5.74, 6) is 1.81. The van der Waals surface area contributed by atoms with E-state index in [0.29, 0.717) is 17.5 Å². The van der Waals surface area contributed by atoms with Gasteiger partial charge in [0.05, 0.1) is 0 Å². The molecule has 3 aromatic heterocycles. The highest BCUT2D eigenvalue weighted by molar-refractivity contribution is 6.19. The Bertz CT molecular complexity index is 3460. The Kier molecular flexibility index (Phi) is 6.56. The topological polar surface area (TPSA) is 65.0 Å². The van der Waals surface area contributed by atoms with Crippen LogP contribution in [-0.2, 0) is 0 Å². The number of hydrogen-bond acceptors (Lipinski definition) is 5. The minimum Gasteiger partial charge on any atom is -0.456 e. The molecule has 9 aromatic carbocycles. The zero-order valence-electron chi connectivity index (χ0n) is 29.9. The fraction of sp³-hybridized carbons (Fsp3) is 0. The first-order valence-electron chi connectivity index (χ1n) is 18.7. The number of rotatable bonds is 4. The van der Waals surface area contributed by atoms with Crippen molar-refractivity contribution in [3.63, 3.8) is 0 Å². The molecular weight excluding hydrogens is 687 g/mol. The van der Waals surface area contributed by atoms with Gasteiger partial charge in [-0.2, -0.15) is 0 Å². The maximum absolute atomic E-state index is 6.51. The van der Waals surface area contributed by atoms with Gasteiger partial charge in [0, 0.05) is 38.2 Å². The van der Waals surface area contributed by atoms with Crippen molar-refractivity contribution in [2.45, 2.75) is 0 Å². The van der Waals surface area contributed by atoms with Crippen molar-refractivity contribution in [2.24, 2.45) is 0 Å². The Morgan fingerprint density at radius 3 is 1.41 bits per heavy atom. The molecule has 0 bridgehead atoms. The summed E-state index contributed by atoms with van der Waals surface area (Å²) in [6, 6.07) is 61.1. The van der Waals surface area contributed by atoms with Gasteiger partial charge in [-0.1, -0.05) is 127 Å². The van der Waals surface area contributed by atoms with Crippen molar-refractivity contribution < 1.29 is 8.83 Å². The molecule has 260 valence electrons. The van der Waals surface area contributed by atoms with Crippen molar-refractivity contribution in [1.82, 2.24) is 15.0 Å². The lowest BCUT2D eigenvalue weighted by molar-refractivity contribution is 0.668. The Labute approximate surface area is 320 Å². The van der Waals surface area contributed by atoms with Crippen molar-refractivity contribution in [3.8, 4) is 45.3 Å². The first-order chi connectivity index (χ1) is 27.7. The molecule has 0 saturated carbocycles. The smallest absolute Gasteiger partial charge is 0.164 e. The van der Waals surface area contributed by atoms with E-state index in [4.69, 9.17) is 23.8 Å². The third kappa shape index (κ3) is 4.84. The first-order valence-corrected chi connectivity index (χ1v) is 18.7. The number of hydrogen-bond donors (Lipinski definition) is 0. The van der Waals surface area contributed by atoms with E-state index in [1.807, 2.05) is 12.1 Å². The molecule has 3 heterocycles. The molecule has 0 fully saturated rings. The van der Waals surface area contributed by atoms with Gasteiger partial charge in [-0.3, -0.25) is 0 Å². The van der Waals surface area contributed by atoms with E-state index in [2.05, 4.69) is 164 Å². The van der Waals surface area contributed by atoms with Gasteiger partial charge < -0.3 is 8.83 Å². The van der Waals surface area contributed by atoms with Gasteiger partial charge in [0.25, 0.3) is 0 Å². The Balaban J connectivity index is 1.06. The molecule has 0 saturated heterocycles. The van der Waals surface area contributed by atoms with Crippen LogP contribution in [-0.4, -0.2) is 15.0 Å². The summed E-state index contributed by atoms with van der Waals surface area (Å²) in [4.78, 5) is 15.5. The van der Waals surface area contributed by atoms with E-state index in [0.717, 1.165) is 82.5 Å². The van der Waals surface area contributed by atoms with Crippen molar-refractivity contribution in [3.05, 3.63) is 176 Å². The van der Waals surface area contributed by atoms with Gasteiger partial charge in [0.2, 0.25) is 0 Å². The molecule has 0 spiro atoms. The second kappa shape index (κ2) is 11.9. The molecule has 0 unspecified atom stereocenters. The number of fused-ring (bicyclic) bond motifs is 10. The highest BCUT2D eigenvalue weighted by atomic mass is 16.3. The quantitative estimate of drug-likeness (QED) is 0.181. The van der Waals surface area contributed by atoms with Gasteiger partial charge in [-0.15, -0.1) is 0 Å². The van der Waals surface area contributed by atoms with Crippen LogP contribution in [0.25, 0.3) is 121 Å². The van der Waals surface area contributed by atoms with Crippen LogP contribution < -0.4 is 0 Å². The van der Waals surface area contributed by atoms with Crippen LogP contribution in [0.3, 0.4) is 0 Å². The van der Waals surface area contributed by atoms with E-state index in [9.17, 15) is 0 Å². The molecule has 0 aliphatic heterocycles. The average Bonchev–Trinajstić information content (AvgIpc) is 3.84. The maximum atomic E-state index is 6.51. The normalized spacial score (nSPS) is 11.9. The van der Waals surface area contributed by atoms with E-state index < -0.39 is 0 Å². The summed E-state index contributed by atoms with van der Waals surface area (Å²) < 4.78 is 12.8. The molecule has 0 atom stereocenters. The lowest BCUT2D eigenvalue weighted by Gasteiger charge is -2.10. The Morgan fingerprint density at radius 1 is 0.286 bits per heavy atom. The summed E-state index contributed by atoms with van der Waals surface area (Å²) in [5, 5.41) is 11.2. The van der Waals surface area contributed by atoms with Crippen LogP contribution in [0.5, 0.6) is 0 Å². The fourth-order valence-electron chi connectivity index (χ4n) is 8.33. The Morgan fingerprint density at radius 2 is 0.768 bits per heavy atom. The first kappa shape index (κ1) is 30.8. The summed E-state index contributed by atoms with van der Waals surface area (Å²) in [6.07, 6.45) is 0. The molecule has 0 amide bonds. The predicted octanol–water partition coefficient (Wildman–Crippen LogP) is 13.8. The molecule has 0 radical (unpaired) electrons. The number of benzene rings is 9. The fourth-order valence-corrected chi connectivity index (χ4v) is 8.33. The third-order valence-corrected chi connectivity index (χ3v) is 11.1. The molecule has 5 nitrogen and oxygen atoms in total. The molecular formula is C51H29N3O2. The molecule has 0 aliphatic carbocycles. The van der Waals surface area contributed by atoms with Gasteiger partial charge >= 0.3 is 0 Å². The molecule has 5 heteroatoms. The molecule has 0 N–H and O–H groups in total. The summed E-state index contributed by atoms with van der Waals surface area (Å²) >= 11 is 0. The van der Waals surface area contributed by atoms with Gasteiger partial charge in [0.15, 0.2) is 17.5 Å². The summed E-state index contributed by atoms with van der Waals surface area (Å²) in [5.41, 5.74) is 8.25. The minimum atomic E-state index is 0.586. The standard InChI is InChI=1S/C51H29N3O2/c1-3-11-33-26-37(18-16-30(33)8-1)49-52-50(38-19-17-31-9-2-4-12-34(31)27-38)54-51(53-49)40-14-7-15-45-48(40)42-29-36(22-24-44(42)55-45)35-21-23-43-41(28-35)47-39-13-6-5-10-32(39)20-25-46(47)56-43/h1-29H. The SMILES string of the molecule is c1ccc2cc(-c3nc(-c4ccc5ccccc5c4)nc(-c4cccc5oc6ccc(-c7ccc8oc9ccc%10ccccc%10c9c8c7)cc6c45)n3)ccc2c1. The van der Waals surface area contributed by atoms with Crippen LogP contribution in [0, 0.1) is 0 Å². The molecule has 0 aliphatic rings. The van der Waals surface area contributed by atoms with Gasteiger partial charge in [-0.25, -0.2) is 15.0 Å². The van der Waals surface area contributed by atoms with E-state index in [1.54, 1.807) is 0 Å². The highest BCUT2D eigenvalue weighted by Gasteiger charge is 2.19. The molecule has 12 rings (SSSR count). The zero-order chi connectivity index (χ0) is 36.7. The van der Waals surface area contributed by atoms with Crippen LogP contribution in [0.1, 0.15) is 0 Å². The number of furan rings is 2. The minimum absolute atomic E-state index is 0.586. The number of aromatic nitrogens is 3. The second-order valence-corrected chi connectivity index (χ2v) is 14.4. The summed E-state index contributed by atoms with van der Waals surface area (Å²) in [6.45, 7) is 0. The van der Waals surface area contributed by atoms with E-state index in [1.165, 1.54) is 21.5 Å². The van der Waals surface area contributed by atoms with Crippen LogP contribution >= 0.6 is 0 Å². The molecule has 12 aromatic rings. The van der Waals surface area contributed by atoms with Gasteiger partial charge in [0.1, 0.15) is 22.3 Å². The van der Waals surface area contributed by atoms with Crippen molar-refractivity contribution in [2.75, 3.05) is 0 Å². The van der Waals surface area contributed by atoms with Crippen LogP contribution in [0.4, 0.5) is 0 Å². The maximum Gasteiger partial charge on any atom is 0.164 e.